The van der Waals surface area contributed by atoms with Crippen molar-refractivity contribution in [2.75, 3.05) is 13.2 Å². The standard InChI is InChI=1S/C16H17BrFNO4/c17-12-6-10(18)4-5-13(12)23-8-14(20)19-7-9-2-1-3-11(9)15(19)16(21)22/h4-6,9,11,15H,1-3,7-8H2,(H,21,22). The van der Waals surface area contributed by atoms with Crippen molar-refractivity contribution >= 4 is 27.8 Å². The molecule has 1 saturated heterocycles. The lowest BCUT2D eigenvalue weighted by atomic mass is 9.94. The fraction of sp³-hybridized carbons (Fsp3) is 0.500. The van der Waals surface area contributed by atoms with E-state index in [4.69, 9.17) is 4.74 Å². The normalized spacial score (nSPS) is 26.2. The number of hydrogen-bond acceptors (Lipinski definition) is 3. The topological polar surface area (TPSA) is 66.8 Å². The molecule has 7 heteroatoms. The fourth-order valence-corrected chi connectivity index (χ4v) is 4.16. The van der Waals surface area contributed by atoms with Crippen molar-refractivity contribution in [3.05, 3.63) is 28.5 Å². The van der Waals surface area contributed by atoms with Crippen LogP contribution in [0.15, 0.2) is 22.7 Å². The van der Waals surface area contributed by atoms with Gasteiger partial charge in [-0.1, -0.05) is 6.42 Å². The smallest absolute Gasteiger partial charge is 0.326 e. The van der Waals surface area contributed by atoms with Gasteiger partial charge in [0.1, 0.15) is 17.6 Å². The number of rotatable bonds is 4. The third kappa shape index (κ3) is 3.20. The third-order valence-electron chi connectivity index (χ3n) is 4.71. The van der Waals surface area contributed by atoms with Gasteiger partial charge in [0.2, 0.25) is 0 Å². The molecule has 1 aliphatic heterocycles. The van der Waals surface area contributed by atoms with E-state index in [-0.39, 0.29) is 24.3 Å². The number of hydrogen-bond donors (Lipinski definition) is 1. The Hall–Kier alpha value is -1.63. The van der Waals surface area contributed by atoms with E-state index in [1.807, 2.05) is 0 Å². The van der Waals surface area contributed by atoms with Crippen LogP contribution >= 0.6 is 15.9 Å². The first kappa shape index (κ1) is 16.2. The van der Waals surface area contributed by atoms with Gasteiger partial charge in [-0.05, 0) is 58.8 Å². The molecule has 124 valence electrons. The van der Waals surface area contributed by atoms with E-state index >= 15 is 0 Å². The first-order chi connectivity index (χ1) is 11.0. The summed E-state index contributed by atoms with van der Waals surface area (Å²) in [6.45, 7) is 0.224. The Morgan fingerprint density at radius 1 is 1.39 bits per heavy atom. The van der Waals surface area contributed by atoms with Gasteiger partial charge in [0.15, 0.2) is 6.61 Å². The van der Waals surface area contributed by atoms with Gasteiger partial charge in [-0.15, -0.1) is 0 Å². The number of halogens is 2. The maximum atomic E-state index is 13.0. The number of amides is 1. The molecule has 3 unspecified atom stereocenters. The maximum absolute atomic E-state index is 13.0. The summed E-state index contributed by atoms with van der Waals surface area (Å²) in [4.78, 5) is 25.4. The number of carboxylic acid groups (broad SMARTS) is 1. The molecule has 2 fully saturated rings. The largest absolute Gasteiger partial charge is 0.483 e. The van der Waals surface area contributed by atoms with Crippen molar-refractivity contribution in [3.8, 4) is 5.75 Å². The third-order valence-corrected chi connectivity index (χ3v) is 5.33. The van der Waals surface area contributed by atoms with Crippen molar-refractivity contribution in [1.29, 1.82) is 0 Å². The molecule has 1 amide bonds. The van der Waals surface area contributed by atoms with Crippen LogP contribution in [0.2, 0.25) is 0 Å². The highest BCUT2D eigenvalue weighted by atomic mass is 79.9. The summed E-state index contributed by atoms with van der Waals surface area (Å²) < 4.78 is 18.9. The average molecular weight is 386 g/mol. The average Bonchev–Trinajstić information content (AvgIpc) is 3.05. The summed E-state index contributed by atoms with van der Waals surface area (Å²) in [5, 5.41) is 9.46. The Morgan fingerprint density at radius 2 is 2.17 bits per heavy atom. The molecule has 1 aliphatic carbocycles. The molecule has 3 rings (SSSR count). The second kappa shape index (κ2) is 6.47. The second-order valence-corrected chi connectivity index (χ2v) is 6.90. The number of benzene rings is 1. The van der Waals surface area contributed by atoms with Crippen LogP contribution in [0.4, 0.5) is 4.39 Å². The van der Waals surface area contributed by atoms with Gasteiger partial charge in [0, 0.05) is 6.54 Å². The lowest BCUT2D eigenvalue weighted by Crippen LogP contribution is -2.45. The van der Waals surface area contributed by atoms with Crippen LogP contribution in [0.25, 0.3) is 0 Å². The van der Waals surface area contributed by atoms with Gasteiger partial charge in [-0.3, -0.25) is 4.79 Å². The number of carbonyl (C=O) groups excluding carboxylic acids is 1. The Morgan fingerprint density at radius 3 is 2.87 bits per heavy atom. The van der Waals surface area contributed by atoms with Crippen LogP contribution in [0.3, 0.4) is 0 Å². The fourth-order valence-electron chi connectivity index (χ4n) is 3.69. The van der Waals surface area contributed by atoms with Crippen LogP contribution in [-0.2, 0) is 9.59 Å². The predicted octanol–water partition coefficient (Wildman–Crippen LogP) is 2.68. The summed E-state index contributed by atoms with van der Waals surface area (Å²) in [7, 11) is 0. The highest BCUT2D eigenvalue weighted by molar-refractivity contribution is 9.10. The summed E-state index contributed by atoms with van der Waals surface area (Å²) in [5.41, 5.74) is 0. The summed E-state index contributed by atoms with van der Waals surface area (Å²) in [5.74, 6) is -1.02. The van der Waals surface area contributed by atoms with Gasteiger partial charge in [0.05, 0.1) is 4.47 Å². The van der Waals surface area contributed by atoms with E-state index < -0.39 is 17.8 Å². The highest BCUT2D eigenvalue weighted by Crippen LogP contribution is 2.42. The Bertz CT molecular complexity index is 639. The van der Waals surface area contributed by atoms with E-state index in [1.54, 1.807) is 0 Å². The summed E-state index contributed by atoms with van der Waals surface area (Å²) in [6.07, 6.45) is 2.86. The van der Waals surface area contributed by atoms with Crippen LogP contribution in [0.1, 0.15) is 19.3 Å². The molecule has 1 N–H and O–H groups in total. The Labute approximate surface area is 141 Å². The lowest BCUT2D eigenvalue weighted by Gasteiger charge is -2.24. The van der Waals surface area contributed by atoms with Gasteiger partial charge >= 0.3 is 5.97 Å². The molecule has 1 heterocycles. The molecule has 1 aromatic rings. The lowest BCUT2D eigenvalue weighted by molar-refractivity contribution is -0.150. The Balaban J connectivity index is 1.66. The second-order valence-electron chi connectivity index (χ2n) is 6.05. The van der Waals surface area contributed by atoms with E-state index in [0.717, 1.165) is 19.3 Å². The summed E-state index contributed by atoms with van der Waals surface area (Å²) >= 11 is 3.17. The monoisotopic (exact) mass is 385 g/mol. The first-order valence-corrected chi connectivity index (χ1v) is 8.37. The van der Waals surface area contributed by atoms with Gasteiger partial charge in [-0.25, -0.2) is 9.18 Å². The van der Waals surface area contributed by atoms with Crippen molar-refractivity contribution in [3.63, 3.8) is 0 Å². The molecular formula is C16H17BrFNO4. The number of ether oxygens (including phenoxy) is 1. The zero-order chi connectivity index (χ0) is 16.6. The van der Waals surface area contributed by atoms with Crippen molar-refractivity contribution < 1.29 is 23.8 Å². The van der Waals surface area contributed by atoms with Gasteiger partial charge < -0.3 is 14.7 Å². The zero-order valence-corrected chi connectivity index (χ0v) is 14.0. The molecule has 0 radical (unpaired) electrons. The van der Waals surface area contributed by atoms with Crippen molar-refractivity contribution in [2.45, 2.75) is 25.3 Å². The zero-order valence-electron chi connectivity index (χ0n) is 12.4. The predicted molar refractivity (Wildman–Crippen MR) is 83.6 cm³/mol. The molecule has 1 aromatic carbocycles. The highest BCUT2D eigenvalue weighted by Gasteiger charge is 2.49. The summed E-state index contributed by atoms with van der Waals surface area (Å²) in [6, 6.07) is 3.17. The molecule has 3 atom stereocenters. The molecule has 23 heavy (non-hydrogen) atoms. The molecule has 0 aromatic heterocycles. The van der Waals surface area contributed by atoms with Crippen LogP contribution in [0, 0.1) is 17.7 Å². The SMILES string of the molecule is O=C(O)C1C2CCCC2CN1C(=O)COc1ccc(F)cc1Br. The number of carboxylic acids is 1. The molecule has 5 nitrogen and oxygen atoms in total. The molecule has 0 bridgehead atoms. The number of nitrogens with zero attached hydrogens (tertiary/aromatic N) is 1. The van der Waals surface area contributed by atoms with Crippen LogP contribution in [0.5, 0.6) is 5.75 Å². The molecular weight excluding hydrogens is 369 g/mol. The molecule has 1 saturated carbocycles. The van der Waals surface area contributed by atoms with Crippen LogP contribution < -0.4 is 4.74 Å². The van der Waals surface area contributed by atoms with E-state index in [0.29, 0.717) is 16.8 Å². The van der Waals surface area contributed by atoms with Crippen LogP contribution in [-0.4, -0.2) is 41.1 Å². The quantitative estimate of drug-likeness (QED) is 0.864. The Kier molecular flexibility index (Phi) is 4.57. The van der Waals surface area contributed by atoms with E-state index in [9.17, 15) is 19.1 Å². The number of carbonyl (C=O) groups is 2. The first-order valence-electron chi connectivity index (χ1n) is 7.57. The van der Waals surface area contributed by atoms with Crippen molar-refractivity contribution in [1.82, 2.24) is 4.90 Å². The van der Waals surface area contributed by atoms with Crippen molar-refractivity contribution in [2.24, 2.45) is 11.8 Å². The van der Waals surface area contributed by atoms with E-state index in [2.05, 4.69) is 15.9 Å². The minimum absolute atomic E-state index is 0.0500. The van der Waals surface area contributed by atoms with Gasteiger partial charge in [0.25, 0.3) is 5.91 Å². The minimum Gasteiger partial charge on any atom is -0.483 e. The number of fused-ring (bicyclic) bond motifs is 1. The van der Waals surface area contributed by atoms with Gasteiger partial charge in [-0.2, -0.15) is 0 Å². The molecule has 2 aliphatic rings. The molecule has 0 spiro atoms. The number of likely N-dealkylation sites (tertiary alicyclic amines) is 1. The number of aliphatic carboxylic acids is 1. The minimum atomic E-state index is -0.948. The maximum Gasteiger partial charge on any atom is 0.326 e. The van der Waals surface area contributed by atoms with E-state index in [1.165, 1.54) is 23.1 Å².